The van der Waals surface area contributed by atoms with Crippen LogP contribution in [0.2, 0.25) is 0 Å². The van der Waals surface area contributed by atoms with Gasteiger partial charge in [0, 0.05) is 43.0 Å². The molecule has 0 atom stereocenters. The summed E-state index contributed by atoms with van der Waals surface area (Å²) >= 11 is 3.36. The smallest absolute Gasteiger partial charge is 0.255 e. The van der Waals surface area contributed by atoms with E-state index < -0.39 is 0 Å². The maximum atomic E-state index is 12.5. The van der Waals surface area contributed by atoms with Crippen molar-refractivity contribution in [2.75, 3.05) is 26.7 Å². The first kappa shape index (κ1) is 15.4. The zero-order chi connectivity index (χ0) is 14.5. The number of likely N-dealkylation sites (tertiary alicyclic amines) is 1. The molecule has 0 spiro atoms. The average Bonchev–Trinajstić information content (AvgIpc) is 2.47. The molecule has 1 aliphatic heterocycles. The lowest BCUT2D eigenvalue weighted by molar-refractivity contribution is 0.0642. The second-order valence-corrected chi connectivity index (χ2v) is 6.30. The zero-order valence-electron chi connectivity index (χ0n) is 12.2. The van der Waals surface area contributed by atoms with Crippen molar-refractivity contribution >= 4 is 21.8 Å². The molecule has 5 heteroatoms. The summed E-state index contributed by atoms with van der Waals surface area (Å²) in [7, 11) is 1.91. The van der Waals surface area contributed by atoms with Gasteiger partial charge in [-0.2, -0.15) is 0 Å². The van der Waals surface area contributed by atoms with Crippen molar-refractivity contribution in [2.24, 2.45) is 0 Å². The van der Waals surface area contributed by atoms with Crippen molar-refractivity contribution in [1.29, 1.82) is 0 Å². The van der Waals surface area contributed by atoms with Gasteiger partial charge in [0.1, 0.15) is 0 Å². The Morgan fingerprint density at radius 3 is 2.75 bits per heavy atom. The van der Waals surface area contributed by atoms with Crippen LogP contribution in [0.4, 0.5) is 0 Å². The summed E-state index contributed by atoms with van der Waals surface area (Å²) in [6, 6.07) is 2.17. The number of amides is 1. The molecule has 0 saturated carbocycles. The lowest BCUT2D eigenvalue weighted by Crippen LogP contribution is -2.45. The highest BCUT2D eigenvalue weighted by Gasteiger charge is 2.25. The third kappa shape index (κ3) is 3.79. The average molecular weight is 340 g/mol. The minimum atomic E-state index is 0.0627. The Morgan fingerprint density at radius 1 is 1.45 bits per heavy atom. The first-order chi connectivity index (χ1) is 9.61. The Bertz CT molecular complexity index is 458. The fraction of sp³-hybridized carbons (Fsp3) is 0.600. The molecule has 1 aliphatic rings. The van der Waals surface area contributed by atoms with Crippen molar-refractivity contribution in [1.82, 2.24) is 14.8 Å². The molecular formula is C15H22BrN3O. The molecule has 2 rings (SSSR count). The summed E-state index contributed by atoms with van der Waals surface area (Å²) < 4.78 is 0.842. The second-order valence-electron chi connectivity index (χ2n) is 5.38. The molecule has 2 heterocycles. The number of pyridine rings is 1. The first-order valence-corrected chi connectivity index (χ1v) is 8.01. The molecule has 20 heavy (non-hydrogen) atoms. The Labute approximate surface area is 129 Å². The predicted molar refractivity (Wildman–Crippen MR) is 83.8 cm³/mol. The maximum absolute atomic E-state index is 12.5. The molecule has 0 aliphatic carbocycles. The number of halogens is 1. The predicted octanol–water partition coefficient (Wildman–Crippen LogP) is 2.79. The van der Waals surface area contributed by atoms with E-state index in [1.807, 2.05) is 18.0 Å². The van der Waals surface area contributed by atoms with Crippen LogP contribution >= 0.6 is 15.9 Å². The van der Waals surface area contributed by atoms with E-state index in [-0.39, 0.29) is 5.91 Å². The van der Waals surface area contributed by atoms with Gasteiger partial charge in [0.15, 0.2) is 0 Å². The van der Waals surface area contributed by atoms with Gasteiger partial charge in [0.05, 0.1) is 5.56 Å². The molecule has 4 nitrogen and oxygen atoms in total. The van der Waals surface area contributed by atoms with Crippen LogP contribution in [-0.4, -0.2) is 53.4 Å². The van der Waals surface area contributed by atoms with Crippen LogP contribution < -0.4 is 0 Å². The highest BCUT2D eigenvalue weighted by Crippen LogP contribution is 2.18. The normalized spacial score (nSPS) is 17.1. The van der Waals surface area contributed by atoms with Gasteiger partial charge in [-0.15, -0.1) is 0 Å². The fourth-order valence-electron chi connectivity index (χ4n) is 2.74. The Balaban J connectivity index is 1.95. The monoisotopic (exact) mass is 339 g/mol. The van der Waals surface area contributed by atoms with Crippen molar-refractivity contribution in [3.63, 3.8) is 0 Å². The van der Waals surface area contributed by atoms with Crippen molar-refractivity contribution in [3.8, 4) is 0 Å². The summed E-state index contributed by atoms with van der Waals surface area (Å²) in [5, 5.41) is 0. The van der Waals surface area contributed by atoms with E-state index in [0.29, 0.717) is 11.6 Å². The lowest BCUT2D eigenvalue weighted by Gasteiger charge is -2.36. The summed E-state index contributed by atoms with van der Waals surface area (Å²) in [5.41, 5.74) is 0.651. The number of piperidine rings is 1. The molecule has 0 unspecified atom stereocenters. The summed E-state index contributed by atoms with van der Waals surface area (Å²) in [5.74, 6) is 0.0627. The van der Waals surface area contributed by atoms with Crippen LogP contribution in [0.15, 0.2) is 22.9 Å². The van der Waals surface area contributed by atoms with E-state index in [0.717, 1.165) is 30.4 Å². The first-order valence-electron chi connectivity index (χ1n) is 7.22. The van der Waals surface area contributed by atoms with E-state index >= 15 is 0 Å². The third-order valence-electron chi connectivity index (χ3n) is 3.92. The molecule has 0 aromatic carbocycles. The Hall–Kier alpha value is -0.940. The molecule has 1 aromatic heterocycles. The largest absolute Gasteiger partial charge is 0.339 e. The molecule has 1 saturated heterocycles. The van der Waals surface area contributed by atoms with E-state index in [4.69, 9.17) is 0 Å². The van der Waals surface area contributed by atoms with E-state index in [1.54, 1.807) is 12.4 Å². The Kier molecular flexibility index (Phi) is 5.54. The van der Waals surface area contributed by atoms with Gasteiger partial charge in [-0.3, -0.25) is 9.78 Å². The van der Waals surface area contributed by atoms with Gasteiger partial charge < -0.3 is 9.80 Å². The molecule has 110 valence electrons. The highest BCUT2D eigenvalue weighted by atomic mass is 79.9. The lowest BCUT2D eigenvalue weighted by atomic mass is 10.0. The van der Waals surface area contributed by atoms with Gasteiger partial charge in [-0.05, 0) is 47.8 Å². The molecule has 0 N–H and O–H groups in total. The second kappa shape index (κ2) is 7.18. The summed E-state index contributed by atoms with van der Waals surface area (Å²) in [6.45, 7) is 5.56. The van der Waals surface area contributed by atoms with Gasteiger partial charge in [-0.25, -0.2) is 0 Å². The topological polar surface area (TPSA) is 36.4 Å². The quantitative estimate of drug-likeness (QED) is 0.846. The van der Waals surface area contributed by atoms with Crippen molar-refractivity contribution in [2.45, 2.75) is 32.2 Å². The van der Waals surface area contributed by atoms with Crippen LogP contribution in [0.3, 0.4) is 0 Å². The number of carbonyl (C=O) groups excluding carboxylic acids is 1. The van der Waals surface area contributed by atoms with Gasteiger partial charge >= 0.3 is 0 Å². The summed E-state index contributed by atoms with van der Waals surface area (Å²) in [6.07, 6.45) is 6.65. The number of rotatable bonds is 4. The van der Waals surface area contributed by atoms with Crippen LogP contribution in [0.25, 0.3) is 0 Å². The number of hydrogen-bond donors (Lipinski definition) is 0. The minimum Gasteiger partial charge on any atom is -0.339 e. The fourth-order valence-corrected chi connectivity index (χ4v) is 3.11. The van der Waals surface area contributed by atoms with E-state index in [9.17, 15) is 4.79 Å². The van der Waals surface area contributed by atoms with Gasteiger partial charge in [0.2, 0.25) is 0 Å². The SMILES string of the molecule is CCCN1CCC(N(C)C(=O)c2cncc(Br)c2)CC1. The van der Waals surface area contributed by atoms with Gasteiger partial charge in [0.25, 0.3) is 5.91 Å². The van der Waals surface area contributed by atoms with E-state index in [2.05, 4.69) is 32.7 Å². The Morgan fingerprint density at radius 2 is 2.15 bits per heavy atom. The number of nitrogens with zero attached hydrogens (tertiary/aromatic N) is 3. The third-order valence-corrected chi connectivity index (χ3v) is 4.35. The maximum Gasteiger partial charge on any atom is 0.255 e. The van der Waals surface area contributed by atoms with Gasteiger partial charge in [-0.1, -0.05) is 6.92 Å². The molecule has 1 fully saturated rings. The molecule has 0 radical (unpaired) electrons. The number of aromatic nitrogens is 1. The zero-order valence-corrected chi connectivity index (χ0v) is 13.8. The number of hydrogen-bond acceptors (Lipinski definition) is 3. The minimum absolute atomic E-state index is 0.0627. The van der Waals surface area contributed by atoms with Crippen LogP contribution in [0, 0.1) is 0 Å². The molecule has 0 bridgehead atoms. The van der Waals surface area contributed by atoms with Crippen molar-refractivity contribution in [3.05, 3.63) is 28.5 Å². The van der Waals surface area contributed by atoms with Crippen LogP contribution in [0.5, 0.6) is 0 Å². The van der Waals surface area contributed by atoms with Crippen LogP contribution in [0.1, 0.15) is 36.5 Å². The molecular weight excluding hydrogens is 318 g/mol. The molecule has 1 aromatic rings. The van der Waals surface area contributed by atoms with Crippen molar-refractivity contribution < 1.29 is 4.79 Å². The summed E-state index contributed by atoms with van der Waals surface area (Å²) in [4.78, 5) is 20.9. The highest BCUT2D eigenvalue weighted by molar-refractivity contribution is 9.10. The van der Waals surface area contributed by atoms with Crippen LogP contribution in [-0.2, 0) is 0 Å². The van der Waals surface area contributed by atoms with E-state index in [1.165, 1.54) is 13.0 Å². The molecule has 1 amide bonds. The standard InChI is InChI=1S/C15H22BrN3O/c1-3-6-19-7-4-14(5-8-19)18(2)15(20)12-9-13(16)11-17-10-12/h9-11,14H,3-8H2,1-2H3. The number of carbonyl (C=O) groups is 1.